The number of rotatable bonds is 12. The first-order chi connectivity index (χ1) is 25.3. The van der Waals surface area contributed by atoms with E-state index in [2.05, 4.69) is 60.9 Å². The normalized spacial score (nSPS) is 18.1. The second-order valence-electron chi connectivity index (χ2n) is 13.4. The molecule has 4 aromatic heterocycles. The van der Waals surface area contributed by atoms with Gasteiger partial charge in [-0.2, -0.15) is 13.5 Å². The molecule has 0 N–H and O–H groups in total. The van der Waals surface area contributed by atoms with Gasteiger partial charge in [-0.05, 0) is 55.7 Å². The van der Waals surface area contributed by atoms with Crippen molar-refractivity contribution in [3.8, 4) is 22.8 Å². The standard InChI is InChI=1S/C39H40N6O6S/c1-26-3-7-33(8-4-26)52(46,47)49-18-17-48-32-22-38(43-42-24-32)45-15-12-29(13-16-45)50-30-20-31(21-30)51-39-10-6-28(23-41-39)27-5-9-34-35-25-40-14-11-36(35)44(2)37(34)19-27/h3-11,14,19,22-25,29-31H,12-13,15-18,20-21H2,1-2H3/t30-,31-. The van der Waals surface area contributed by atoms with Gasteiger partial charge in [0.15, 0.2) is 5.82 Å². The molecule has 268 valence electrons. The van der Waals surface area contributed by atoms with Crippen LogP contribution in [0.1, 0.15) is 31.2 Å². The molecule has 1 aliphatic carbocycles. The van der Waals surface area contributed by atoms with Crippen molar-refractivity contribution in [1.29, 1.82) is 0 Å². The lowest BCUT2D eigenvalue weighted by molar-refractivity contribution is -0.102. The first-order valence-corrected chi connectivity index (χ1v) is 19.0. The molecule has 0 unspecified atom stereocenters. The highest BCUT2D eigenvalue weighted by Crippen LogP contribution is 2.34. The third-order valence-electron chi connectivity index (χ3n) is 9.88. The molecule has 0 atom stereocenters. The Hall–Kier alpha value is -5.11. The van der Waals surface area contributed by atoms with E-state index in [9.17, 15) is 8.42 Å². The zero-order valence-corrected chi connectivity index (χ0v) is 29.9. The van der Waals surface area contributed by atoms with Crippen LogP contribution in [0.4, 0.5) is 5.82 Å². The van der Waals surface area contributed by atoms with Crippen LogP contribution in [0.3, 0.4) is 0 Å². The average molecular weight is 721 g/mol. The summed E-state index contributed by atoms with van der Waals surface area (Å²) in [6.07, 6.45) is 11.0. The fourth-order valence-electron chi connectivity index (χ4n) is 6.89. The van der Waals surface area contributed by atoms with Crippen LogP contribution in [0.15, 0.2) is 96.4 Å². The summed E-state index contributed by atoms with van der Waals surface area (Å²) in [4.78, 5) is 11.2. The van der Waals surface area contributed by atoms with Gasteiger partial charge in [-0.3, -0.25) is 9.17 Å². The molecule has 5 heterocycles. The average Bonchev–Trinajstić information content (AvgIpc) is 3.44. The molecule has 6 aromatic rings. The molecular formula is C39H40N6O6S. The van der Waals surface area contributed by atoms with E-state index < -0.39 is 10.1 Å². The number of fused-ring (bicyclic) bond motifs is 3. The van der Waals surface area contributed by atoms with Crippen LogP contribution in [0.2, 0.25) is 0 Å². The van der Waals surface area contributed by atoms with Gasteiger partial charge in [-0.15, -0.1) is 5.10 Å². The zero-order valence-electron chi connectivity index (χ0n) is 29.1. The van der Waals surface area contributed by atoms with E-state index in [1.165, 1.54) is 23.7 Å². The number of piperidine rings is 1. The van der Waals surface area contributed by atoms with Crippen molar-refractivity contribution in [3.63, 3.8) is 0 Å². The van der Waals surface area contributed by atoms with Crippen LogP contribution in [0, 0.1) is 6.92 Å². The van der Waals surface area contributed by atoms with Gasteiger partial charge in [-0.1, -0.05) is 29.8 Å². The summed E-state index contributed by atoms with van der Waals surface area (Å²) in [5.41, 5.74) is 5.45. The van der Waals surface area contributed by atoms with Crippen molar-refractivity contribution in [2.75, 3.05) is 31.2 Å². The summed E-state index contributed by atoms with van der Waals surface area (Å²) in [5.74, 6) is 1.85. The Morgan fingerprint density at radius 1 is 0.808 bits per heavy atom. The highest BCUT2D eigenvalue weighted by Gasteiger charge is 2.35. The van der Waals surface area contributed by atoms with Crippen molar-refractivity contribution < 1.29 is 26.8 Å². The second kappa shape index (κ2) is 14.5. The summed E-state index contributed by atoms with van der Waals surface area (Å²) >= 11 is 0. The van der Waals surface area contributed by atoms with Crippen molar-refractivity contribution >= 4 is 37.7 Å². The minimum Gasteiger partial charge on any atom is -0.489 e. The van der Waals surface area contributed by atoms with Gasteiger partial charge in [0.05, 0.1) is 28.8 Å². The molecule has 13 heteroatoms. The van der Waals surface area contributed by atoms with Gasteiger partial charge in [0, 0.05) is 85.6 Å². The maximum Gasteiger partial charge on any atom is 0.297 e. The molecule has 12 nitrogen and oxygen atoms in total. The Labute approximate surface area is 302 Å². The lowest BCUT2D eigenvalue weighted by atomic mass is 9.91. The summed E-state index contributed by atoms with van der Waals surface area (Å²) in [6.45, 7) is 3.41. The number of benzene rings is 2. The van der Waals surface area contributed by atoms with Crippen LogP contribution in [-0.2, 0) is 26.1 Å². The Balaban J connectivity index is 0.761. The van der Waals surface area contributed by atoms with E-state index in [1.54, 1.807) is 12.1 Å². The SMILES string of the molecule is Cc1ccc(S(=O)(=O)OCCOc2cnnc(N3CCC(O[C@H]4C[C@H](Oc5ccc(-c6ccc7c8cnccc8n(C)c7c6)cn5)C4)CC3)c2)cc1. The van der Waals surface area contributed by atoms with E-state index in [0.717, 1.165) is 71.9 Å². The molecule has 0 amide bonds. The lowest BCUT2D eigenvalue weighted by Crippen LogP contribution is -2.44. The van der Waals surface area contributed by atoms with Crippen molar-refractivity contribution in [2.24, 2.45) is 7.05 Å². The van der Waals surface area contributed by atoms with E-state index in [1.807, 2.05) is 43.7 Å². The molecular weight excluding hydrogens is 681 g/mol. The molecule has 8 rings (SSSR count). The maximum absolute atomic E-state index is 12.4. The fourth-order valence-corrected chi connectivity index (χ4v) is 7.78. The Morgan fingerprint density at radius 3 is 2.40 bits per heavy atom. The van der Waals surface area contributed by atoms with E-state index >= 15 is 0 Å². The molecule has 2 aromatic carbocycles. The third-order valence-corrected chi connectivity index (χ3v) is 11.2. The fraction of sp³-hybridized carbons (Fsp3) is 0.333. The van der Waals surface area contributed by atoms with Gasteiger partial charge < -0.3 is 23.7 Å². The predicted molar refractivity (Wildman–Crippen MR) is 197 cm³/mol. The Bertz CT molecular complexity index is 2280. The summed E-state index contributed by atoms with van der Waals surface area (Å²) in [6, 6.07) is 20.9. The predicted octanol–water partition coefficient (Wildman–Crippen LogP) is 6.27. The van der Waals surface area contributed by atoms with Gasteiger partial charge in [0.25, 0.3) is 10.1 Å². The number of hydrogen-bond donors (Lipinski definition) is 0. The van der Waals surface area contributed by atoms with Gasteiger partial charge in [0.2, 0.25) is 5.88 Å². The zero-order chi connectivity index (χ0) is 35.7. The molecule has 1 aliphatic heterocycles. The quantitative estimate of drug-likeness (QED) is 0.105. The first kappa shape index (κ1) is 34.0. The Morgan fingerprint density at radius 2 is 1.62 bits per heavy atom. The Kier molecular flexibility index (Phi) is 9.47. The van der Waals surface area contributed by atoms with E-state index in [0.29, 0.717) is 17.4 Å². The van der Waals surface area contributed by atoms with Gasteiger partial charge in [0.1, 0.15) is 25.1 Å². The topological polar surface area (TPSA) is 131 Å². The van der Waals surface area contributed by atoms with Crippen LogP contribution in [0.25, 0.3) is 32.9 Å². The number of nitrogens with zero attached hydrogens (tertiary/aromatic N) is 6. The smallest absolute Gasteiger partial charge is 0.297 e. The second-order valence-corrected chi connectivity index (χ2v) is 15.0. The maximum atomic E-state index is 12.4. The number of aromatic nitrogens is 5. The summed E-state index contributed by atoms with van der Waals surface area (Å²) in [5, 5.41) is 10.7. The molecule has 0 spiro atoms. The minimum absolute atomic E-state index is 0.0567. The summed E-state index contributed by atoms with van der Waals surface area (Å²) < 4.78 is 50.5. The molecule has 0 bridgehead atoms. The monoisotopic (exact) mass is 720 g/mol. The largest absolute Gasteiger partial charge is 0.489 e. The molecule has 0 radical (unpaired) electrons. The van der Waals surface area contributed by atoms with Crippen molar-refractivity contribution in [1.82, 2.24) is 24.7 Å². The van der Waals surface area contributed by atoms with Gasteiger partial charge in [-0.25, -0.2) is 4.98 Å². The number of aryl methyl sites for hydroxylation is 2. The minimum atomic E-state index is -3.85. The van der Waals surface area contributed by atoms with Crippen LogP contribution < -0.4 is 14.4 Å². The number of pyridine rings is 2. The van der Waals surface area contributed by atoms with Gasteiger partial charge >= 0.3 is 0 Å². The summed E-state index contributed by atoms with van der Waals surface area (Å²) in [7, 11) is -1.76. The number of hydrogen-bond acceptors (Lipinski definition) is 11. The van der Waals surface area contributed by atoms with Crippen LogP contribution in [0.5, 0.6) is 11.6 Å². The van der Waals surface area contributed by atoms with Crippen LogP contribution in [-0.4, -0.2) is 77.8 Å². The number of ether oxygens (including phenoxy) is 3. The molecule has 1 saturated carbocycles. The van der Waals surface area contributed by atoms with E-state index in [4.69, 9.17) is 18.4 Å². The third kappa shape index (κ3) is 7.29. The molecule has 2 fully saturated rings. The first-order valence-electron chi connectivity index (χ1n) is 17.6. The van der Waals surface area contributed by atoms with E-state index in [-0.39, 0.29) is 36.4 Å². The highest BCUT2D eigenvalue weighted by atomic mass is 32.2. The van der Waals surface area contributed by atoms with Crippen LogP contribution >= 0.6 is 0 Å². The highest BCUT2D eigenvalue weighted by molar-refractivity contribution is 7.86. The molecule has 52 heavy (non-hydrogen) atoms. The number of anilines is 1. The molecule has 1 saturated heterocycles. The van der Waals surface area contributed by atoms with Crippen molar-refractivity contribution in [3.05, 3.63) is 97.1 Å². The molecule has 2 aliphatic rings. The van der Waals surface area contributed by atoms with Crippen molar-refractivity contribution in [2.45, 2.75) is 55.8 Å². The lowest BCUT2D eigenvalue weighted by Gasteiger charge is -2.39.